The highest BCUT2D eigenvalue weighted by Gasteiger charge is 2.22. The van der Waals surface area contributed by atoms with Gasteiger partial charge in [0.2, 0.25) is 0 Å². The van der Waals surface area contributed by atoms with Crippen molar-refractivity contribution in [1.29, 1.82) is 0 Å². The third-order valence-corrected chi connectivity index (χ3v) is 4.48. The van der Waals surface area contributed by atoms with Crippen molar-refractivity contribution in [3.8, 4) is 0 Å². The summed E-state index contributed by atoms with van der Waals surface area (Å²) in [5, 5.41) is 3.40. The number of hydrogen-bond acceptors (Lipinski definition) is 4. The summed E-state index contributed by atoms with van der Waals surface area (Å²) in [5.74, 6) is 0.700. The Morgan fingerprint density at radius 1 is 1.27 bits per heavy atom. The molecule has 1 fully saturated rings. The predicted molar refractivity (Wildman–Crippen MR) is 60.8 cm³/mol. The van der Waals surface area contributed by atoms with Crippen LogP contribution in [0.3, 0.4) is 0 Å². The van der Waals surface area contributed by atoms with E-state index < -0.39 is 9.84 Å². The van der Waals surface area contributed by atoms with E-state index in [1.165, 1.54) is 0 Å². The number of ether oxygens (including phenoxy) is 1. The van der Waals surface area contributed by atoms with Gasteiger partial charge in [0.25, 0.3) is 0 Å². The van der Waals surface area contributed by atoms with Crippen molar-refractivity contribution in [3.63, 3.8) is 0 Å². The largest absolute Gasteiger partial charge is 0.385 e. The van der Waals surface area contributed by atoms with Crippen molar-refractivity contribution in [2.75, 3.05) is 31.8 Å². The predicted octanol–water partition coefficient (Wildman–Crippen LogP) is 0.580. The SMILES string of the molecule is COCCCCNC1CCS(=O)(=O)CC1. The van der Waals surface area contributed by atoms with Gasteiger partial charge < -0.3 is 10.1 Å². The zero-order valence-corrected chi connectivity index (χ0v) is 10.2. The molecule has 0 aliphatic carbocycles. The molecule has 1 aliphatic heterocycles. The van der Waals surface area contributed by atoms with E-state index in [1.807, 2.05) is 0 Å². The van der Waals surface area contributed by atoms with Crippen LogP contribution in [0.4, 0.5) is 0 Å². The van der Waals surface area contributed by atoms with Crippen LogP contribution in [-0.4, -0.2) is 46.2 Å². The Kier molecular flexibility index (Phi) is 5.56. The standard InChI is InChI=1S/C10H21NO3S/c1-14-7-3-2-6-11-10-4-8-15(12,13)9-5-10/h10-11H,2-9H2,1H3. The summed E-state index contributed by atoms with van der Waals surface area (Å²) in [6, 6.07) is 0.399. The minimum atomic E-state index is -2.71. The first-order valence-corrected chi connectivity index (χ1v) is 7.39. The summed E-state index contributed by atoms with van der Waals surface area (Å²) in [5.41, 5.74) is 0. The molecule has 0 aromatic heterocycles. The second kappa shape index (κ2) is 6.45. The van der Waals surface area contributed by atoms with Gasteiger partial charge in [-0.15, -0.1) is 0 Å². The van der Waals surface area contributed by atoms with Gasteiger partial charge in [0, 0.05) is 19.8 Å². The smallest absolute Gasteiger partial charge is 0.150 e. The summed E-state index contributed by atoms with van der Waals surface area (Å²) in [4.78, 5) is 0. The normalized spacial score (nSPS) is 21.7. The van der Waals surface area contributed by atoms with Crippen LogP contribution in [0, 0.1) is 0 Å². The van der Waals surface area contributed by atoms with Crippen LogP contribution in [0.15, 0.2) is 0 Å². The topological polar surface area (TPSA) is 55.4 Å². The lowest BCUT2D eigenvalue weighted by molar-refractivity contribution is 0.192. The number of methoxy groups -OCH3 is 1. The van der Waals surface area contributed by atoms with Crippen LogP contribution in [0.25, 0.3) is 0 Å². The van der Waals surface area contributed by atoms with Crippen molar-refractivity contribution >= 4 is 9.84 Å². The molecule has 1 N–H and O–H groups in total. The number of sulfone groups is 1. The molecule has 0 aromatic rings. The van der Waals surface area contributed by atoms with Gasteiger partial charge in [-0.1, -0.05) is 0 Å². The van der Waals surface area contributed by atoms with E-state index in [1.54, 1.807) is 7.11 Å². The van der Waals surface area contributed by atoms with Crippen molar-refractivity contribution in [2.45, 2.75) is 31.7 Å². The quantitative estimate of drug-likeness (QED) is 0.684. The molecule has 0 saturated carbocycles. The van der Waals surface area contributed by atoms with E-state index in [4.69, 9.17) is 4.74 Å². The van der Waals surface area contributed by atoms with E-state index >= 15 is 0 Å². The summed E-state index contributed by atoms with van der Waals surface area (Å²) < 4.78 is 27.3. The number of nitrogens with one attached hydrogen (secondary N) is 1. The molecule has 4 nitrogen and oxygen atoms in total. The molecule has 15 heavy (non-hydrogen) atoms. The monoisotopic (exact) mass is 235 g/mol. The summed E-state index contributed by atoms with van der Waals surface area (Å²) in [6.07, 6.45) is 3.70. The average molecular weight is 235 g/mol. The third kappa shape index (κ3) is 5.49. The highest BCUT2D eigenvalue weighted by atomic mass is 32.2. The molecule has 0 radical (unpaired) electrons. The van der Waals surface area contributed by atoms with Crippen molar-refractivity contribution < 1.29 is 13.2 Å². The van der Waals surface area contributed by atoms with Crippen LogP contribution in [0.2, 0.25) is 0 Å². The number of rotatable bonds is 6. The zero-order chi connectivity index (χ0) is 11.1. The minimum absolute atomic E-state index is 0.350. The fourth-order valence-electron chi connectivity index (χ4n) is 1.77. The highest BCUT2D eigenvalue weighted by Crippen LogP contribution is 2.11. The Hall–Kier alpha value is -0.130. The van der Waals surface area contributed by atoms with Gasteiger partial charge in [0.05, 0.1) is 11.5 Å². The second-order valence-corrected chi connectivity index (χ2v) is 6.38. The first-order chi connectivity index (χ1) is 7.14. The van der Waals surface area contributed by atoms with E-state index in [0.29, 0.717) is 17.5 Å². The molecule has 1 rings (SSSR count). The minimum Gasteiger partial charge on any atom is -0.385 e. The summed E-state index contributed by atoms with van der Waals surface area (Å²) in [6.45, 7) is 1.77. The first-order valence-electron chi connectivity index (χ1n) is 5.57. The van der Waals surface area contributed by atoms with E-state index in [-0.39, 0.29) is 0 Å². The Morgan fingerprint density at radius 2 is 1.93 bits per heavy atom. The van der Waals surface area contributed by atoms with Crippen molar-refractivity contribution in [3.05, 3.63) is 0 Å². The molecule has 0 spiro atoms. The lowest BCUT2D eigenvalue weighted by Gasteiger charge is -2.23. The Morgan fingerprint density at radius 3 is 2.53 bits per heavy atom. The molecule has 0 unspecified atom stereocenters. The molecule has 1 aliphatic rings. The second-order valence-electron chi connectivity index (χ2n) is 4.08. The molecule has 5 heteroatoms. The van der Waals surface area contributed by atoms with Gasteiger partial charge in [0.15, 0.2) is 0 Å². The van der Waals surface area contributed by atoms with E-state index in [9.17, 15) is 8.42 Å². The van der Waals surface area contributed by atoms with Crippen LogP contribution in [0.5, 0.6) is 0 Å². The zero-order valence-electron chi connectivity index (χ0n) is 9.37. The highest BCUT2D eigenvalue weighted by molar-refractivity contribution is 7.91. The van der Waals surface area contributed by atoms with Gasteiger partial charge in [-0.2, -0.15) is 0 Å². The number of unbranched alkanes of at least 4 members (excludes halogenated alkanes) is 1. The van der Waals surface area contributed by atoms with Crippen LogP contribution >= 0.6 is 0 Å². The molecule has 0 aromatic carbocycles. The lowest BCUT2D eigenvalue weighted by Crippen LogP contribution is -2.37. The van der Waals surface area contributed by atoms with Crippen LogP contribution < -0.4 is 5.32 Å². The van der Waals surface area contributed by atoms with Gasteiger partial charge >= 0.3 is 0 Å². The molecule has 0 bridgehead atoms. The molecular weight excluding hydrogens is 214 g/mol. The maximum absolute atomic E-state index is 11.2. The Labute approximate surface area is 92.3 Å². The van der Waals surface area contributed by atoms with Crippen LogP contribution in [0.1, 0.15) is 25.7 Å². The van der Waals surface area contributed by atoms with E-state index in [0.717, 1.165) is 38.8 Å². The Balaban J connectivity index is 2.04. The maximum Gasteiger partial charge on any atom is 0.150 e. The lowest BCUT2D eigenvalue weighted by atomic mass is 10.1. The van der Waals surface area contributed by atoms with Gasteiger partial charge in [-0.3, -0.25) is 0 Å². The summed E-state index contributed by atoms with van der Waals surface area (Å²) >= 11 is 0. The fourth-order valence-corrected chi connectivity index (χ4v) is 3.26. The first kappa shape index (κ1) is 12.9. The summed E-state index contributed by atoms with van der Waals surface area (Å²) in [7, 11) is -1.01. The number of hydrogen-bond donors (Lipinski definition) is 1. The average Bonchev–Trinajstić information content (AvgIpc) is 2.20. The molecule has 0 atom stereocenters. The fraction of sp³-hybridized carbons (Fsp3) is 1.00. The van der Waals surface area contributed by atoms with Gasteiger partial charge in [0.1, 0.15) is 9.84 Å². The van der Waals surface area contributed by atoms with E-state index in [2.05, 4.69) is 5.32 Å². The van der Waals surface area contributed by atoms with Gasteiger partial charge in [-0.25, -0.2) is 8.42 Å². The maximum atomic E-state index is 11.2. The molecule has 1 saturated heterocycles. The molecule has 1 heterocycles. The molecule has 90 valence electrons. The van der Waals surface area contributed by atoms with Crippen LogP contribution in [-0.2, 0) is 14.6 Å². The molecule has 0 amide bonds. The Bertz CT molecular complexity index is 250. The van der Waals surface area contributed by atoms with Crippen molar-refractivity contribution in [2.24, 2.45) is 0 Å². The van der Waals surface area contributed by atoms with Gasteiger partial charge in [-0.05, 0) is 32.2 Å². The molecular formula is C10H21NO3S. The van der Waals surface area contributed by atoms with Crippen molar-refractivity contribution in [1.82, 2.24) is 5.32 Å². The third-order valence-electron chi connectivity index (χ3n) is 2.76.